The van der Waals surface area contributed by atoms with E-state index in [4.69, 9.17) is 14.2 Å². The Morgan fingerprint density at radius 1 is 1.21 bits per heavy atom. The zero-order chi connectivity index (χ0) is 17.9. The normalized spacial score (nSPS) is 10.2. The van der Waals surface area contributed by atoms with E-state index in [1.165, 1.54) is 13.2 Å². The molecule has 0 saturated heterocycles. The predicted octanol–water partition coefficient (Wildman–Crippen LogP) is 3.32. The maximum atomic E-state index is 12.1. The third-order valence-electron chi connectivity index (χ3n) is 3.19. The van der Waals surface area contributed by atoms with Crippen molar-refractivity contribution in [2.45, 2.75) is 33.1 Å². The van der Waals surface area contributed by atoms with Crippen LogP contribution < -0.4 is 14.8 Å². The molecule has 0 aromatic heterocycles. The van der Waals surface area contributed by atoms with Gasteiger partial charge in [-0.05, 0) is 41.4 Å². The first-order chi connectivity index (χ1) is 11.5. The number of carbonyl (C=O) groups is 2. The van der Waals surface area contributed by atoms with E-state index < -0.39 is 5.97 Å². The summed E-state index contributed by atoms with van der Waals surface area (Å²) < 4.78 is 16.3. The number of amides is 1. The zero-order valence-electron chi connectivity index (χ0n) is 14.3. The monoisotopic (exact) mass is 401 g/mol. The fourth-order valence-corrected chi connectivity index (χ4v) is 2.62. The molecule has 1 aromatic rings. The van der Waals surface area contributed by atoms with Crippen LogP contribution in [-0.2, 0) is 9.53 Å². The minimum Gasteiger partial charge on any atom is -0.492 e. The number of carbonyl (C=O) groups excluding carboxylic acids is 2. The van der Waals surface area contributed by atoms with Gasteiger partial charge in [0.05, 0.1) is 23.8 Å². The lowest BCUT2D eigenvalue weighted by Gasteiger charge is -2.13. The molecule has 0 atom stereocenters. The number of esters is 1. The first-order valence-electron chi connectivity index (χ1n) is 7.97. The van der Waals surface area contributed by atoms with Crippen molar-refractivity contribution in [2.75, 3.05) is 26.9 Å². The summed E-state index contributed by atoms with van der Waals surface area (Å²) in [5.41, 5.74) is 0.282. The summed E-state index contributed by atoms with van der Waals surface area (Å²) in [4.78, 5) is 23.8. The Morgan fingerprint density at radius 2 is 1.96 bits per heavy atom. The highest BCUT2D eigenvalue weighted by Crippen LogP contribution is 2.36. The van der Waals surface area contributed by atoms with Gasteiger partial charge in [0.1, 0.15) is 0 Å². The lowest BCUT2D eigenvalue weighted by Crippen LogP contribution is -2.29. The zero-order valence-corrected chi connectivity index (χ0v) is 15.9. The lowest BCUT2D eigenvalue weighted by molar-refractivity contribution is -0.124. The first kappa shape index (κ1) is 20.3. The summed E-state index contributed by atoms with van der Waals surface area (Å²) in [6.07, 6.45) is 3.05. The number of unbranched alkanes of at least 4 members (excludes halogenated alkanes) is 2. The Bertz CT molecular complexity index is 562. The highest BCUT2D eigenvalue weighted by atomic mass is 79.9. The average molecular weight is 402 g/mol. The molecule has 0 heterocycles. The molecule has 0 fully saturated rings. The summed E-state index contributed by atoms with van der Waals surface area (Å²) in [6.45, 7) is 4.64. The van der Waals surface area contributed by atoms with Gasteiger partial charge in [-0.2, -0.15) is 0 Å². The van der Waals surface area contributed by atoms with Crippen LogP contribution >= 0.6 is 15.9 Å². The molecule has 24 heavy (non-hydrogen) atoms. The van der Waals surface area contributed by atoms with Crippen LogP contribution in [-0.4, -0.2) is 38.7 Å². The van der Waals surface area contributed by atoms with Crippen molar-refractivity contribution < 1.29 is 23.8 Å². The van der Waals surface area contributed by atoms with E-state index in [9.17, 15) is 9.59 Å². The van der Waals surface area contributed by atoms with E-state index in [1.54, 1.807) is 6.07 Å². The Labute approximate surface area is 151 Å². The molecule has 0 radical (unpaired) electrons. The van der Waals surface area contributed by atoms with E-state index in [0.29, 0.717) is 29.1 Å². The van der Waals surface area contributed by atoms with Gasteiger partial charge < -0.3 is 19.5 Å². The minimum atomic E-state index is -0.594. The molecule has 0 unspecified atom stereocenters. The highest BCUT2D eigenvalue weighted by molar-refractivity contribution is 9.10. The quantitative estimate of drug-likeness (QED) is 0.480. The summed E-state index contributed by atoms with van der Waals surface area (Å²) in [5, 5.41) is 2.72. The third kappa shape index (κ3) is 6.39. The molecule has 6 nitrogen and oxygen atoms in total. The van der Waals surface area contributed by atoms with Crippen molar-refractivity contribution in [1.82, 2.24) is 5.32 Å². The van der Waals surface area contributed by atoms with E-state index in [1.807, 2.05) is 6.92 Å². The molecular weight excluding hydrogens is 378 g/mol. The fraction of sp³-hybridized carbons (Fsp3) is 0.529. The second-order valence-corrected chi connectivity index (χ2v) is 5.91. The topological polar surface area (TPSA) is 73.9 Å². The van der Waals surface area contributed by atoms with Crippen LogP contribution in [0.4, 0.5) is 0 Å². The number of hydrogen-bond acceptors (Lipinski definition) is 5. The van der Waals surface area contributed by atoms with Crippen LogP contribution in [0, 0.1) is 0 Å². The van der Waals surface area contributed by atoms with Crippen molar-refractivity contribution in [3.63, 3.8) is 0 Å². The lowest BCUT2D eigenvalue weighted by atomic mass is 10.2. The Balaban J connectivity index is 2.63. The van der Waals surface area contributed by atoms with Crippen molar-refractivity contribution >= 4 is 27.8 Å². The van der Waals surface area contributed by atoms with Gasteiger partial charge in [0.15, 0.2) is 18.1 Å². The van der Waals surface area contributed by atoms with Gasteiger partial charge in [0, 0.05) is 6.54 Å². The minimum absolute atomic E-state index is 0.282. The van der Waals surface area contributed by atoms with Gasteiger partial charge in [-0.25, -0.2) is 4.79 Å². The summed E-state index contributed by atoms with van der Waals surface area (Å²) in [6, 6.07) is 3.11. The fourth-order valence-electron chi connectivity index (χ4n) is 2.02. The molecule has 0 aliphatic heterocycles. The number of halogens is 1. The smallest absolute Gasteiger partial charge is 0.338 e. The largest absolute Gasteiger partial charge is 0.492 e. The summed E-state index contributed by atoms with van der Waals surface area (Å²) in [7, 11) is 1.52. The molecule has 0 bridgehead atoms. The standard InChI is InChI=1S/C17H24BrNO5/c1-4-6-7-8-19-15(20)11-24-17(21)12-9-13(18)16(22-3)14(10-12)23-5-2/h9-10H,4-8,11H2,1-3H3,(H,19,20). The van der Waals surface area contributed by atoms with Crippen molar-refractivity contribution in [3.8, 4) is 11.5 Å². The van der Waals surface area contributed by atoms with Crippen molar-refractivity contribution in [1.29, 1.82) is 0 Å². The van der Waals surface area contributed by atoms with Crippen molar-refractivity contribution in [3.05, 3.63) is 22.2 Å². The van der Waals surface area contributed by atoms with Gasteiger partial charge in [-0.1, -0.05) is 19.8 Å². The SMILES string of the molecule is CCCCCNC(=O)COC(=O)c1cc(Br)c(OC)c(OCC)c1. The van der Waals surface area contributed by atoms with E-state index in [0.717, 1.165) is 19.3 Å². The molecule has 0 spiro atoms. The van der Waals surface area contributed by atoms with Crippen LogP contribution in [0.2, 0.25) is 0 Å². The molecule has 0 aliphatic rings. The molecule has 0 saturated carbocycles. The molecular formula is C17H24BrNO5. The summed E-state index contributed by atoms with van der Waals surface area (Å²) >= 11 is 3.33. The van der Waals surface area contributed by atoms with Gasteiger partial charge in [-0.15, -0.1) is 0 Å². The van der Waals surface area contributed by atoms with Crippen LogP contribution in [0.3, 0.4) is 0 Å². The first-order valence-corrected chi connectivity index (χ1v) is 8.76. The second-order valence-electron chi connectivity index (χ2n) is 5.06. The van der Waals surface area contributed by atoms with Gasteiger partial charge in [-0.3, -0.25) is 4.79 Å². The Kier molecular flexibility index (Phi) is 9.22. The molecule has 1 N–H and O–H groups in total. The predicted molar refractivity (Wildman–Crippen MR) is 94.7 cm³/mol. The number of benzene rings is 1. The molecule has 134 valence electrons. The molecule has 1 aromatic carbocycles. The van der Waals surface area contributed by atoms with Gasteiger partial charge >= 0.3 is 5.97 Å². The van der Waals surface area contributed by atoms with E-state index in [-0.39, 0.29) is 18.1 Å². The number of nitrogens with one attached hydrogen (secondary N) is 1. The molecule has 7 heteroatoms. The number of methoxy groups -OCH3 is 1. The molecule has 1 amide bonds. The van der Waals surface area contributed by atoms with Gasteiger partial charge in [0.25, 0.3) is 5.91 Å². The maximum Gasteiger partial charge on any atom is 0.338 e. The molecule has 1 rings (SSSR count). The number of hydrogen-bond donors (Lipinski definition) is 1. The highest BCUT2D eigenvalue weighted by Gasteiger charge is 2.17. The molecule has 0 aliphatic carbocycles. The van der Waals surface area contributed by atoms with E-state index >= 15 is 0 Å². The Hall–Kier alpha value is -1.76. The van der Waals surface area contributed by atoms with E-state index in [2.05, 4.69) is 28.2 Å². The third-order valence-corrected chi connectivity index (χ3v) is 3.78. The average Bonchev–Trinajstić information content (AvgIpc) is 2.56. The summed E-state index contributed by atoms with van der Waals surface area (Å²) in [5.74, 6) is 0.0347. The number of ether oxygens (including phenoxy) is 3. The van der Waals surface area contributed by atoms with Crippen LogP contribution in [0.25, 0.3) is 0 Å². The van der Waals surface area contributed by atoms with Crippen molar-refractivity contribution in [2.24, 2.45) is 0 Å². The van der Waals surface area contributed by atoms with Gasteiger partial charge in [0.2, 0.25) is 0 Å². The van der Waals surface area contributed by atoms with Crippen LogP contribution in [0.5, 0.6) is 11.5 Å². The van der Waals surface area contributed by atoms with Crippen LogP contribution in [0.15, 0.2) is 16.6 Å². The van der Waals surface area contributed by atoms with Crippen LogP contribution in [0.1, 0.15) is 43.5 Å². The maximum absolute atomic E-state index is 12.1. The number of rotatable bonds is 10. The second kappa shape index (κ2) is 10.9. The Morgan fingerprint density at radius 3 is 2.58 bits per heavy atom.